The summed E-state index contributed by atoms with van der Waals surface area (Å²) < 4.78 is 5.30. The molecule has 0 spiro atoms. The molecule has 6 nitrogen and oxygen atoms in total. The highest BCUT2D eigenvalue weighted by molar-refractivity contribution is 6.24. The highest BCUT2D eigenvalue weighted by atomic mass is 16.5. The Morgan fingerprint density at radius 1 is 0.867 bits per heavy atom. The van der Waals surface area contributed by atoms with Gasteiger partial charge in [-0.05, 0) is 56.0 Å². The molecule has 0 aromatic heterocycles. The van der Waals surface area contributed by atoms with Crippen LogP contribution in [0.25, 0.3) is 0 Å². The Bertz CT molecular complexity index is 1010. The van der Waals surface area contributed by atoms with Crippen LogP contribution >= 0.6 is 0 Å². The van der Waals surface area contributed by atoms with E-state index in [0.29, 0.717) is 0 Å². The summed E-state index contributed by atoms with van der Waals surface area (Å²) in [5, 5.41) is 4.37. The first-order valence-corrected chi connectivity index (χ1v) is 10.5. The number of nitrogens with zero attached hydrogens (tertiary/aromatic N) is 3. The molecular weight excluding hydrogens is 378 g/mol. The van der Waals surface area contributed by atoms with E-state index >= 15 is 0 Å². The predicted molar refractivity (Wildman–Crippen MR) is 114 cm³/mol. The van der Waals surface area contributed by atoms with E-state index in [-0.39, 0.29) is 17.9 Å². The van der Waals surface area contributed by atoms with E-state index in [0.717, 1.165) is 53.2 Å². The fraction of sp³-hybridized carbons (Fsp3) is 0.417. The van der Waals surface area contributed by atoms with E-state index in [1.807, 2.05) is 57.2 Å². The average molecular weight is 405 g/mol. The van der Waals surface area contributed by atoms with Crippen LogP contribution in [0.2, 0.25) is 0 Å². The Labute approximate surface area is 177 Å². The monoisotopic (exact) mass is 405 g/mol. The third-order valence-corrected chi connectivity index (χ3v) is 6.72. The van der Waals surface area contributed by atoms with Gasteiger partial charge in [0.2, 0.25) is 5.91 Å². The smallest absolute Gasteiger partial charge is 0.253 e. The van der Waals surface area contributed by atoms with Crippen molar-refractivity contribution in [3.63, 3.8) is 0 Å². The van der Waals surface area contributed by atoms with Crippen LogP contribution in [0.3, 0.4) is 0 Å². The summed E-state index contributed by atoms with van der Waals surface area (Å²) in [6.07, 6.45) is 1.000. The van der Waals surface area contributed by atoms with Crippen LogP contribution in [-0.2, 0) is 9.59 Å². The second-order valence-electron chi connectivity index (χ2n) is 8.63. The molecule has 3 aliphatic rings. The molecule has 2 aromatic rings. The zero-order valence-electron chi connectivity index (χ0n) is 17.9. The first-order chi connectivity index (χ1) is 14.4. The molecule has 3 aliphatic heterocycles. The fourth-order valence-electron chi connectivity index (χ4n) is 5.66. The van der Waals surface area contributed by atoms with E-state index < -0.39 is 12.0 Å². The number of ether oxygens (including phenoxy) is 1. The molecule has 0 unspecified atom stereocenters. The number of aryl methyl sites for hydroxylation is 3. The number of anilines is 1. The van der Waals surface area contributed by atoms with Crippen LogP contribution in [0, 0.1) is 26.7 Å². The number of amides is 2. The molecule has 3 saturated heterocycles. The Kier molecular flexibility index (Phi) is 4.45. The standard InChI is InChI=1S/C24H27N3O3/c1-14-12-15(2)20(16(3)13-14)27-23(28)19-21(17-6-8-18(30-4)9-7-17)25-10-5-11-26(25)22(19)24(27)29/h6-9,12-13,19,21-22H,5,10-11H2,1-4H3/t19-,21-,22+/m1/s1. The van der Waals surface area contributed by atoms with Gasteiger partial charge in [0.1, 0.15) is 11.8 Å². The van der Waals surface area contributed by atoms with Gasteiger partial charge in [-0.2, -0.15) is 0 Å². The largest absolute Gasteiger partial charge is 0.497 e. The maximum atomic E-state index is 13.8. The Morgan fingerprint density at radius 3 is 2.07 bits per heavy atom. The van der Waals surface area contributed by atoms with E-state index in [4.69, 9.17) is 4.74 Å². The van der Waals surface area contributed by atoms with Gasteiger partial charge >= 0.3 is 0 Å². The Morgan fingerprint density at radius 2 is 1.47 bits per heavy atom. The quantitative estimate of drug-likeness (QED) is 0.735. The lowest BCUT2D eigenvalue weighted by molar-refractivity contribution is -0.126. The van der Waals surface area contributed by atoms with Crippen LogP contribution in [0.15, 0.2) is 36.4 Å². The maximum absolute atomic E-state index is 13.8. The number of benzene rings is 2. The summed E-state index contributed by atoms with van der Waals surface area (Å²) in [4.78, 5) is 28.8. The minimum absolute atomic E-state index is 0.0877. The van der Waals surface area contributed by atoms with Gasteiger partial charge in [-0.15, -0.1) is 0 Å². The molecule has 156 valence electrons. The molecule has 3 fully saturated rings. The van der Waals surface area contributed by atoms with Crippen molar-refractivity contribution >= 4 is 17.5 Å². The first-order valence-electron chi connectivity index (χ1n) is 10.5. The number of rotatable bonds is 3. The van der Waals surface area contributed by atoms with Gasteiger partial charge in [0.05, 0.1) is 24.8 Å². The number of carbonyl (C=O) groups excluding carboxylic acids is 2. The minimum Gasteiger partial charge on any atom is -0.497 e. The summed E-state index contributed by atoms with van der Waals surface area (Å²) in [6.45, 7) is 7.67. The highest BCUT2D eigenvalue weighted by Gasteiger charge is 2.63. The third kappa shape index (κ3) is 2.63. The summed E-state index contributed by atoms with van der Waals surface area (Å²) in [7, 11) is 1.64. The number of carbonyl (C=O) groups is 2. The zero-order valence-corrected chi connectivity index (χ0v) is 17.9. The van der Waals surface area contributed by atoms with Gasteiger partial charge in [0.25, 0.3) is 5.91 Å². The number of fused-ring (bicyclic) bond motifs is 3. The molecule has 0 N–H and O–H groups in total. The summed E-state index contributed by atoms with van der Waals surface area (Å²) in [5.41, 5.74) is 4.87. The fourth-order valence-corrected chi connectivity index (χ4v) is 5.66. The molecule has 0 bridgehead atoms. The molecule has 2 aromatic carbocycles. The van der Waals surface area contributed by atoms with E-state index in [1.165, 1.54) is 4.90 Å². The normalized spacial score (nSPS) is 26.4. The first kappa shape index (κ1) is 19.3. The van der Waals surface area contributed by atoms with Crippen molar-refractivity contribution in [3.8, 4) is 5.75 Å². The molecule has 3 heterocycles. The van der Waals surface area contributed by atoms with Crippen molar-refractivity contribution in [1.29, 1.82) is 0 Å². The van der Waals surface area contributed by atoms with Crippen molar-refractivity contribution < 1.29 is 14.3 Å². The summed E-state index contributed by atoms with van der Waals surface area (Å²) in [6, 6.07) is 11.4. The number of hydrazine groups is 1. The molecule has 0 saturated carbocycles. The van der Waals surface area contributed by atoms with Gasteiger partial charge in [-0.1, -0.05) is 29.8 Å². The van der Waals surface area contributed by atoms with Crippen LogP contribution in [0.1, 0.15) is 34.7 Å². The van der Waals surface area contributed by atoms with Crippen molar-refractivity contribution in [2.75, 3.05) is 25.1 Å². The molecule has 0 radical (unpaired) electrons. The summed E-state index contributed by atoms with van der Waals surface area (Å²) in [5.74, 6) is 0.206. The predicted octanol–water partition coefficient (Wildman–Crippen LogP) is 3.16. The van der Waals surface area contributed by atoms with Gasteiger partial charge < -0.3 is 4.74 Å². The number of imide groups is 1. The van der Waals surface area contributed by atoms with Gasteiger partial charge in [-0.3, -0.25) is 9.59 Å². The minimum atomic E-state index is -0.424. The maximum Gasteiger partial charge on any atom is 0.253 e. The molecule has 5 rings (SSSR count). The molecule has 30 heavy (non-hydrogen) atoms. The Hall–Kier alpha value is -2.70. The molecule has 6 heteroatoms. The lowest BCUT2D eigenvalue weighted by Gasteiger charge is -2.30. The number of methoxy groups -OCH3 is 1. The second-order valence-corrected chi connectivity index (χ2v) is 8.63. The SMILES string of the molecule is COc1ccc([C@@H]2[C@H]3C(=O)N(c4c(C)cc(C)cc4C)C(=O)[C@H]3N3CCCN23)cc1. The van der Waals surface area contributed by atoms with Gasteiger partial charge in [-0.25, -0.2) is 14.9 Å². The molecular formula is C24H27N3O3. The number of hydrogen-bond donors (Lipinski definition) is 0. The molecule has 0 aliphatic carbocycles. The summed E-state index contributed by atoms with van der Waals surface area (Å²) >= 11 is 0. The van der Waals surface area contributed by atoms with Crippen molar-refractivity contribution in [3.05, 3.63) is 58.7 Å². The van der Waals surface area contributed by atoms with E-state index in [1.54, 1.807) is 7.11 Å². The van der Waals surface area contributed by atoms with E-state index in [2.05, 4.69) is 10.0 Å². The van der Waals surface area contributed by atoms with Crippen LogP contribution in [0.5, 0.6) is 5.75 Å². The highest BCUT2D eigenvalue weighted by Crippen LogP contribution is 2.49. The van der Waals surface area contributed by atoms with Gasteiger partial charge in [0, 0.05) is 13.1 Å². The average Bonchev–Trinajstić information content (AvgIpc) is 3.35. The van der Waals surface area contributed by atoms with E-state index in [9.17, 15) is 9.59 Å². The molecule has 2 amide bonds. The zero-order chi connectivity index (χ0) is 21.2. The van der Waals surface area contributed by atoms with Crippen LogP contribution in [0.4, 0.5) is 5.69 Å². The van der Waals surface area contributed by atoms with Crippen molar-refractivity contribution in [2.45, 2.75) is 39.3 Å². The lowest BCUT2D eigenvalue weighted by Crippen LogP contribution is -2.44. The van der Waals surface area contributed by atoms with Crippen LogP contribution < -0.4 is 9.64 Å². The molecule has 3 atom stereocenters. The topological polar surface area (TPSA) is 53.1 Å². The number of hydrogen-bond acceptors (Lipinski definition) is 5. The van der Waals surface area contributed by atoms with Crippen molar-refractivity contribution in [2.24, 2.45) is 5.92 Å². The van der Waals surface area contributed by atoms with Crippen LogP contribution in [-0.4, -0.2) is 48.1 Å². The lowest BCUT2D eigenvalue weighted by atomic mass is 9.90. The third-order valence-electron chi connectivity index (χ3n) is 6.72. The van der Waals surface area contributed by atoms with Crippen molar-refractivity contribution in [1.82, 2.24) is 10.0 Å². The Balaban J connectivity index is 1.59. The van der Waals surface area contributed by atoms with Gasteiger partial charge in [0.15, 0.2) is 0 Å². The second kappa shape index (κ2) is 6.93.